The molecule has 1 aliphatic rings. The van der Waals surface area contributed by atoms with Crippen molar-refractivity contribution in [2.75, 3.05) is 31.3 Å². The summed E-state index contributed by atoms with van der Waals surface area (Å²) in [7, 11) is 1.86. The van der Waals surface area contributed by atoms with Gasteiger partial charge in [-0.15, -0.1) is 0 Å². The van der Waals surface area contributed by atoms with Crippen LogP contribution in [0.1, 0.15) is 21.7 Å². The van der Waals surface area contributed by atoms with Crippen LogP contribution in [0.15, 0.2) is 30.5 Å². The summed E-state index contributed by atoms with van der Waals surface area (Å²) in [4.78, 5) is 29.6. The molecule has 0 radical (unpaired) electrons. The van der Waals surface area contributed by atoms with E-state index in [1.54, 1.807) is 9.75 Å². The highest BCUT2D eigenvalue weighted by Gasteiger charge is 2.24. The first kappa shape index (κ1) is 17.4. The summed E-state index contributed by atoms with van der Waals surface area (Å²) in [6.07, 6.45) is 1.88. The molecule has 3 heterocycles. The highest BCUT2D eigenvalue weighted by atomic mass is 16.7. The van der Waals surface area contributed by atoms with Gasteiger partial charge in [-0.05, 0) is 32.0 Å². The van der Waals surface area contributed by atoms with Crippen LogP contribution >= 0.6 is 0 Å². The van der Waals surface area contributed by atoms with Crippen molar-refractivity contribution in [2.45, 2.75) is 13.8 Å². The first-order chi connectivity index (χ1) is 13.0. The topological polar surface area (TPSA) is 76.4 Å². The Morgan fingerprint density at radius 3 is 2.67 bits per heavy atom. The van der Waals surface area contributed by atoms with Gasteiger partial charge in [0.2, 0.25) is 5.95 Å². The molecular formula is C19H22N6O2. The Labute approximate surface area is 157 Å². The summed E-state index contributed by atoms with van der Waals surface area (Å²) in [5.74, 6) is 0.525. The van der Waals surface area contributed by atoms with E-state index in [2.05, 4.69) is 15.1 Å². The van der Waals surface area contributed by atoms with Crippen molar-refractivity contribution in [1.82, 2.24) is 24.6 Å². The number of carbonyl (C=O) groups is 1. The second kappa shape index (κ2) is 6.96. The molecule has 0 spiro atoms. The van der Waals surface area contributed by atoms with Crippen molar-refractivity contribution in [3.63, 3.8) is 0 Å². The summed E-state index contributed by atoms with van der Waals surface area (Å²) < 4.78 is 1.73. The van der Waals surface area contributed by atoms with E-state index in [1.165, 1.54) is 0 Å². The Kier molecular flexibility index (Phi) is 4.49. The third-order valence-electron chi connectivity index (χ3n) is 4.56. The number of aromatic nitrogens is 4. The van der Waals surface area contributed by atoms with E-state index >= 15 is 0 Å². The number of hydrogen-bond donors (Lipinski definition) is 0. The molecule has 8 nitrogen and oxygen atoms in total. The maximum absolute atomic E-state index is 13.1. The molecule has 0 bridgehead atoms. The number of hydrogen-bond acceptors (Lipinski definition) is 6. The summed E-state index contributed by atoms with van der Waals surface area (Å²) in [6.45, 7) is 5.81. The normalized spacial score (nSPS) is 15.2. The molecule has 3 aromatic rings. The van der Waals surface area contributed by atoms with Gasteiger partial charge < -0.3 is 4.90 Å². The molecule has 0 N–H and O–H groups in total. The predicted molar refractivity (Wildman–Crippen MR) is 101 cm³/mol. The van der Waals surface area contributed by atoms with Crippen LogP contribution in [-0.2, 0) is 11.9 Å². The monoisotopic (exact) mass is 366 g/mol. The van der Waals surface area contributed by atoms with Crippen LogP contribution < -0.4 is 5.06 Å². The summed E-state index contributed by atoms with van der Waals surface area (Å²) in [6, 6.07) is 7.55. The molecule has 0 atom stereocenters. The molecule has 1 fully saturated rings. The van der Waals surface area contributed by atoms with Crippen molar-refractivity contribution >= 4 is 22.8 Å². The Hall–Kier alpha value is -3.00. The van der Waals surface area contributed by atoms with Crippen molar-refractivity contribution in [2.24, 2.45) is 7.05 Å². The quantitative estimate of drug-likeness (QED) is 0.689. The molecule has 8 heteroatoms. The number of amides is 1. The molecule has 0 aliphatic carbocycles. The molecule has 140 valence electrons. The predicted octanol–water partition coefficient (Wildman–Crippen LogP) is 1.87. The Balaban J connectivity index is 1.54. The standard InChI is InChI=1S/C19H22N6O2/c1-13-11-14(2)21-19(20-13)25-8-7-24(9-10-27-25)18(26)15-5-4-6-17-16(15)12-23(3)22-17/h4-6,11-12H,7-10H2,1-3H3. The Bertz CT molecular complexity index is 979. The van der Waals surface area contributed by atoms with E-state index < -0.39 is 0 Å². The maximum Gasteiger partial charge on any atom is 0.254 e. The average Bonchev–Trinajstić information content (AvgIpc) is 2.85. The number of nitrogens with zero attached hydrogens (tertiary/aromatic N) is 6. The number of benzene rings is 1. The fraction of sp³-hybridized carbons (Fsp3) is 0.368. The van der Waals surface area contributed by atoms with E-state index in [1.807, 2.05) is 56.3 Å². The molecule has 1 aliphatic heterocycles. The van der Waals surface area contributed by atoms with Crippen LogP contribution in [-0.4, -0.2) is 56.8 Å². The van der Waals surface area contributed by atoms with E-state index in [-0.39, 0.29) is 5.91 Å². The van der Waals surface area contributed by atoms with Gasteiger partial charge in [0.25, 0.3) is 5.91 Å². The fourth-order valence-corrected chi connectivity index (χ4v) is 3.35. The highest BCUT2D eigenvalue weighted by molar-refractivity contribution is 6.06. The summed E-state index contributed by atoms with van der Waals surface area (Å²) >= 11 is 0. The van der Waals surface area contributed by atoms with Crippen LogP contribution in [0.3, 0.4) is 0 Å². The summed E-state index contributed by atoms with van der Waals surface area (Å²) in [5, 5.41) is 6.93. The zero-order valence-corrected chi connectivity index (χ0v) is 15.7. The maximum atomic E-state index is 13.1. The van der Waals surface area contributed by atoms with Crippen LogP contribution in [0, 0.1) is 13.8 Å². The van der Waals surface area contributed by atoms with Gasteiger partial charge in [0.1, 0.15) is 0 Å². The van der Waals surface area contributed by atoms with Crippen LogP contribution in [0.5, 0.6) is 0 Å². The third-order valence-corrected chi connectivity index (χ3v) is 4.56. The van der Waals surface area contributed by atoms with E-state index in [4.69, 9.17) is 4.84 Å². The number of carbonyl (C=O) groups excluding carboxylic acids is 1. The lowest BCUT2D eigenvalue weighted by atomic mass is 10.1. The Morgan fingerprint density at radius 1 is 1.11 bits per heavy atom. The minimum atomic E-state index is -0.0135. The first-order valence-corrected chi connectivity index (χ1v) is 8.95. The third kappa shape index (κ3) is 3.48. The minimum absolute atomic E-state index is 0.0135. The van der Waals surface area contributed by atoms with Gasteiger partial charge in [0.05, 0.1) is 24.2 Å². The number of rotatable bonds is 2. The second-order valence-electron chi connectivity index (χ2n) is 6.72. The van der Waals surface area contributed by atoms with Gasteiger partial charge in [0.15, 0.2) is 0 Å². The first-order valence-electron chi connectivity index (χ1n) is 8.95. The molecule has 27 heavy (non-hydrogen) atoms. The van der Waals surface area contributed by atoms with Gasteiger partial charge in [-0.3, -0.25) is 14.3 Å². The van der Waals surface area contributed by atoms with Gasteiger partial charge in [-0.2, -0.15) is 5.10 Å². The molecule has 0 saturated carbocycles. The lowest BCUT2D eigenvalue weighted by Gasteiger charge is -2.21. The largest absolute Gasteiger partial charge is 0.334 e. The molecule has 4 rings (SSSR count). The van der Waals surface area contributed by atoms with Crippen LogP contribution in [0.4, 0.5) is 5.95 Å². The highest BCUT2D eigenvalue weighted by Crippen LogP contribution is 2.20. The lowest BCUT2D eigenvalue weighted by Crippen LogP contribution is -2.35. The van der Waals surface area contributed by atoms with Crippen molar-refractivity contribution < 1.29 is 9.63 Å². The number of anilines is 1. The number of hydroxylamine groups is 1. The van der Waals surface area contributed by atoms with Gasteiger partial charge in [-0.1, -0.05) is 6.07 Å². The van der Waals surface area contributed by atoms with Crippen LogP contribution in [0.2, 0.25) is 0 Å². The minimum Gasteiger partial charge on any atom is -0.334 e. The molecule has 0 unspecified atom stereocenters. The van der Waals surface area contributed by atoms with Gasteiger partial charge >= 0.3 is 0 Å². The molecule has 1 amide bonds. The molecule has 1 saturated heterocycles. The molecule has 2 aromatic heterocycles. The zero-order chi connectivity index (χ0) is 19.0. The number of fused-ring (bicyclic) bond motifs is 1. The fourth-order valence-electron chi connectivity index (χ4n) is 3.35. The SMILES string of the molecule is Cc1cc(C)nc(N2CCN(C(=O)c3cccc4nn(C)cc34)CCO2)n1. The van der Waals surface area contributed by atoms with Crippen LogP contribution in [0.25, 0.3) is 10.9 Å². The van der Waals surface area contributed by atoms with E-state index in [0.29, 0.717) is 37.8 Å². The van der Waals surface area contributed by atoms with Gasteiger partial charge in [-0.25, -0.2) is 15.0 Å². The van der Waals surface area contributed by atoms with Gasteiger partial charge in [0, 0.05) is 43.1 Å². The van der Waals surface area contributed by atoms with Crippen molar-refractivity contribution in [3.8, 4) is 0 Å². The average molecular weight is 366 g/mol. The lowest BCUT2D eigenvalue weighted by molar-refractivity contribution is 0.0731. The smallest absolute Gasteiger partial charge is 0.254 e. The summed E-state index contributed by atoms with van der Waals surface area (Å²) in [5.41, 5.74) is 3.26. The van der Waals surface area contributed by atoms with E-state index in [0.717, 1.165) is 22.3 Å². The van der Waals surface area contributed by atoms with E-state index in [9.17, 15) is 4.79 Å². The zero-order valence-electron chi connectivity index (χ0n) is 15.7. The number of aryl methyl sites for hydroxylation is 3. The molecule has 1 aromatic carbocycles. The van der Waals surface area contributed by atoms with Crippen molar-refractivity contribution in [1.29, 1.82) is 0 Å². The Morgan fingerprint density at radius 2 is 1.89 bits per heavy atom. The molecular weight excluding hydrogens is 344 g/mol. The van der Waals surface area contributed by atoms with Crippen molar-refractivity contribution in [3.05, 3.63) is 47.4 Å². The second-order valence-corrected chi connectivity index (χ2v) is 6.72.